The molecule has 0 spiro atoms. The molecule has 0 unspecified atom stereocenters. The van der Waals surface area contributed by atoms with Crippen molar-refractivity contribution >= 4 is 19.7 Å². The predicted molar refractivity (Wildman–Crippen MR) is 110 cm³/mol. The van der Waals surface area contributed by atoms with E-state index < -0.39 is 24.8 Å². The standard InChI is InChI=1S/C21H28O4S2/c1-20(2,3)16-7-11-18(12-8-16)26(22,23)15-27(24,25)19-13-9-17(10-14-19)21(4,5)6/h7-14H,15H2,1-6H3. The number of rotatable bonds is 4. The van der Waals surface area contributed by atoms with Crippen LogP contribution in [0.15, 0.2) is 58.3 Å². The van der Waals surface area contributed by atoms with E-state index in [1.807, 2.05) is 41.5 Å². The van der Waals surface area contributed by atoms with Crippen molar-refractivity contribution in [2.24, 2.45) is 0 Å². The zero-order chi connectivity index (χ0) is 20.7. The Balaban J connectivity index is 2.30. The molecule has 2 aromatic rings. The van der Waals surface area contributed by atoms with Crippen molar-refractivity contribution in [2.45, 2.75) is 62.2 Å². The van der Waals surface area contributed by atoms with Gasteiger partial charge < -0.3 is 0 Å². The van der Waals surface area contributed by atoms with Crippen LogP contribution in [0, 0.1) is 0 Å². The summed E-state index contributed by atoms with van der Waals surface area (Å²) in [6.07, 6.45) is 0. The Labute approximate surface area is 163 Å². The van der Waals surface area contributed by atoms with E-state index in [1.54, 1.807) is 24.3 Å². The molecule has 27 heavy (non-hydrogen) atoms. The minimum Gasteiger partial charge on any atom is -0.223 e. The summed E-state index contributed by atoms with van der Waals surface area (Å²) in [5, 5.41) is -0.941. The highest BCUT2D eigenvalue weighted by molar-refractivity contribution is 8.08. The first-order chi connectivity index (χ1) is 12.1. The minimum atomic E-state index is -3.95. The van der Waals surface area contributed by atoms with Gasteiger partial charge in [-0.2, -0.15) is 0 Å². The molecule has 2 aromatic carbocycles. The fourth-order valence-electron chi connectivity index (χ4n) is 2.66. The smallest absolute Gasteiger partial charge is 0.193 e. The van der Waals surface area contributed by atoms with Gasteiger partial charge >= 0.3 is 0 Å². The fraction of sp³-hybridized carbons (Fsp3) is 0.429. The van der Waals surface area contributed by atoms with Gasteiger partial charge in [-0.05, 0) is 46.2 Å². The highest BCUT2D eigenvalue weighted by Gasteiger charge is 2.27. The van der Waals surface area contributed by atoms with E-state index in [2.05, 4.69) is 0 Å². The summed E-state index contributed by atoms with van der Waals surface area (Å²) in [5.41, 5.74) is 1.76. The molecule has 4 nitrogen and oxygen atoms in total. The van der Waals surface area contributed by atoms with Crippen LogP contribution < -0.4 is 0 Å². The molecule has 0 saturated heterocycles. The van der Waals surface area contributed by atoms with Crippen LogP contribution >= 0.6 is 0 Å². The lowest BCUT2D eigenvalue weighted by Crippen LogP contribution is -2.18. The third kappa shape index (κ3) is 5.20. The van der Waals surface area contributed by atoms with E-state index in [9.17, 15) is 16.8 Å². The molecule has 0 bridgehead atoms. The predicted octanol–water partition coefficient (Wildman–Crippen LogP) is 4.49. The van der Waals surface area contributed by atoms with Gasteiger partial charge in [0.1, 0.15) is 0 Å². The van der Waals surface area contributed by atoms with Gasteiger partial charge in [0.2, 0.25) is 0 Å². The summed E-state index contributed by atoms with van der Waals surface area (Å²) in [4.78, 5) is 0.0378. The van der Waals surface area contributed by atoms with Crippen molar-refractivity contribution < 1.29 is 16.8 Å². The van der Waals surface area contributed by atoms with Gasteiger partial charge in [0, 0.05) is 0 Å². The van der Waals surface area contributed by atoms with Gasteiger partial charge in [0.05, 0.1) is 9.79 Å². The van der Waals surface area contributed by atoms with Gasteiger partial charge in [-0.1, -0.05) is 65.8 Å². The first-order valence-electron chi connectivity index (χ1n) is 8.79. The molecular weight excluding hydrogens is 380 g/mol. The van der Waals surface area contributed by atoms with Crippen molar-refractivity contribution in [3.8, 4) is 0 Å². The Hall–Kier alpha value is -1.66. The molecular formula is C21H28O4S2. The van der Waals surface area contributed by atoms with Crippen molar-refractivity contribution in [3.05, 3.63) is 59.7 Å². The molecule has 148 valence electrons. The Morgan fingerprint density at radius 2 is 0.815 bits per heavy atom. The molecule has 0 saturated carbocycles. The van der Waals surface area contributed by atoms with Crippen LogP contribution in [-0.2, 0) is 30.5 Å². The van der Waals surface area contributed by atoms with Crippen LogP contribution in [0.2, 0.25) is 0 Å². The molecule has 0 heterocycles. The molecule has 0 aliphatic heterocycles. The van der Waals surface area contributed by atoms with Crippen LogP contribution in [0.5, 0.6) is 0 Å². The molecule has 0 aromatic heterocycles. The average molecular weight is 409 g/mol. The molecule has 0 atom stereocenters. The lowest BCUT2D eigenvalue weighted by atomic mass is 9.87. The van der Waals surface area contributed by atoms with Crippen molar-refractivity contribution in [1.82, 2.24) is 0 Å². The summed E-state index contributed by atoms with van der Waals surface area (Å²) < 4.78 is 50.5. The number of benzene rings is 2. The lowest BCUT2D eigenvalue weighted by Gasteiger charge is -2.19. The molecule has 0 fully saturated rings. The highest BCUT2D eigenvalue weighted by Crippen LogP contribution is 2.26. The lowest BCUT2D eigenvalue weighted by molar-refractivity contribution is 0.582. The Bertz CT molecular complexity index is 916. The monoisotopic (exact) mass is 408 g/mol. The maximum atomic E-state index is 12.6. The van der Waals surface area contributed by atoms with Crippen molar-refractivity contribution in [3.63, 3.8) is 0 Å². The van der Waals surface area contributed by atoms with Crippen LogP contribution in [0.1, 0.15) is 52.7 Å². The largest absolute Gasteiger partial charge is 0.223 e. The maximum Gasteiger partial charge on any atom is 0.193 e. The summed E-state index contributed by atoms with van der Waals surface area (Å²) >= 11 is 0. The first-order valence-corrected chi connectivity index (χ1v) is 12.1. The van der Waals surface area contributed by atoms with Gasteiger partial charge in [0.25, 0.3) is 0 Å². The highest BCUT2D eigenvalue weighted by atomic mass is 32.3. The maximum absolute atomic E-state index is 12.6. The Morgan fingerprint density at radius 3 is 1.04 bits per heavy atom. The molecule has 0 amide bonds. The summed E-state index contributed by atoms with van der Waals surface area (Å²) in [7, 11) is -7.91. The molecule has 0 N–H and O–H groups in total. The van der Waals surface area contributed by atoms with Crippen molar-refractivity contribution in [1.29, 1.82) is 0 Å². The van der Waals surface area contributed by atoms with Crippen molar-refractivity contribution in [2.75, 3.05) is 5.08 Å². The van der Waals surface area contributed by atoms with E-state index in [0.29, 0.717) is 0 Å². The summed E-state index contributed by atoms with van der Waals surface area (Å²) in [6, 6.07) is 12.9. The van der Waals surface area contributed by atoms with Crippen LogP contribution in [0.4, 0.5) is 0 Å². The Kier molecular flexibility index (Phi) is 5.66. The van der Waals surface area contributed by atoms with Crippen LogP contribution in [-0.4, -0.2) is 21.9 Å². The van der Waals surface area contributed by atoms with E-state index in [0.717, 1.165) is 11.1 Å². The fourth-order valence-corrected chi connectivity index (χ4v) is 6.49. The molecule has 0 aliphatic carbocycles. The zero-order valence-corrected chi connectivity index (χ0v) is 18.4. The summed E-state index contributed by atoms with van der Waals surface area (Å²) in [6.45, 7) is 12.2. The first kappa shape index (κ1) is 21.6. The summed E-state index contributed by atoms with van der Waals surface area (Å²) in [5.74, 6) is 0. The van der Waals surface area contributed by atoms with Gasteiger partial charge in [-0.15, -0.1) is 0 Å². The van der Waals surface area contributed by atoms with Crippen LogP contribution in [0.3, 0.4) is 0 Å². The number of sulfone groups is 2. The average Bonchev–Trinajstić information content (AvgIpc) is 2.52. The molecule has 6 heteroatoms. The van der Waals surface area contributed by atoms with Crippen LogP contribution in [0.25, 0.3) is 0 Å². The second kappa shape index (κ2) is 7.06. The van der Waals surface area contributed by atoms with E-state index in [1.165, 1.54) is 24.3 Å². The van der Waals surface area contributed by atoms with E-state index in [4.69, 9.17) is 0 Å². The quantitative estimate of drug-likeness (QED) is 0.748. The second-order valence-electron chi connectivity index (χ2n) is 8.90. The molecule has 2 rings (SSSR count). The molecule has 0 aliphatic rings. The minimum absolute atomic E-state index is 0.0189. The van der Waals surface area contributed by atoms with E-state index in [-0.39, 0.29) is 20.6 Å². The van der Waals surface area contributed by atoms with Gasteiger partial charge in [0.15, 0.2) is 24.8 Å². The third-order valence-corrected chi connectivity index (χ3v) is 8.93. The molecule has 0 radical (unpaired) electrons. The van der Waals surface area contributed by atoms with Gasteiger partial charge in [-0.3, -0.25) is 0 Å². The van der Waals surface area contributed by atoms with Gasteiger partial charge in [-0.25, -0.2) is 16.8 Å². The number of hydrogen-bond acceptors (Lipinski definition) is 4. The number of hydrogen-bond donors (Lipinski definition) is 0. The van der Waals surface area contributed by atoms with E-state index >= 15 is 0 Å². The third-order valence-electron chi connectivity index (χ3n) is 4.47. The topological polar surface area (TPSA) is 68.3 Å². The second-order valence-corrected chi connectivity index (χ2v) is 13.2. The normalized spacial score (nSPS) is 13.6. The Morgan fingerprint density at radius 1 is 0.556 bits per heavy atom. The SMILES string of the molecule is CC(C)(C)c1ccc(S(=O)(=O)CS(=O)(=O)c2ccc(C(C)(C)C)cc2)cc1. The zero-order valence-electron chi connectivity index (χ0n) is 16.8.